The standard InChI is InChI=1S/C22H26FN5O/c1-22(2,3)12-20(29)26-21-16(23)11-18-17(25-21)5-4-9-27(18)13-15-6-7-19-24-8-10-28(19)14-15/h6-8,10-11,14H,4-5,9,12-13H2,1-3H3,(H,25,26,29). The lowest BCUT2D eigenvalue weighted by Gasteiger charge is -2.31. The molecule has 6 nitrogen and oxygen atoms in total. The average Bonchev–Trinajstić information content (AvgIpc) is 3.09. The Morgan fingerprint density at radius 2 is 2.14 bits per heavy atom. The summed E-state index contributed by atoms with van der Waals surface area (Å²) in [7, 11) is 0. The van der Waals surface area contributed by atoms with Crippen LogP contribution in [0.15, 0.2) is 36.8 Å². The molecule has 0 unspecified atom stereocenters. The molecule has 1 aliphatic rings. The molecule has 0 saturated heterocycles. The van der Waals surface area contributed by atoms with Crippen molar-refractivity contribution < 1.29 is 9.18 Å². The van der Waals surface area contributed by atoms with Gasteiger partial charge in [-0.2, -0.15) is 0 Å². The van der Waals surface area contributed by atoms with Crippen LogP contribution >= 0.6 is 0 Å². The lowest BCUT2D eigenvalue weighted by atomic mass is 9.92. The zero-order valence-corrected chi connectivity index (χ0v) is 17.1. The second kappa shape index (κ2) is 7.46. The Bertz CT molecular complexity index is 1050. The van der Waals surface area contributed by atoms with Crippen LogP contribution in [0.5, 0.6) is 0 Å². The van der Waals surface area contributed by atoms with E-state index in [2.05, 4.69) is 20.2 Å². The summed E-state index contributed by atoms with van der Waals surface area (Å²) in [4.78, 5) is 23.1. The van der Waals surface area contributed by atoms with Gasteiger partial charge in [-0.15, -0.1) is 0 Å². The molecule has 3 aromatic rings. The summed E-state index contributed by atoms with van der Waals surface area (Å²) in [5.41, 5.74) is 3.48. The van der Waals surface area contributed by atoms with E-state index in [4.69, 9.17) is 0 Å². The topological polar surface area (TPSA) is 62.5 Å². The van der Waals surface area contributed by atoms with E-state index in [1.54, 1.807) is 6.20 Å². The first-order valence-electron chi connectivity index (χ1n) is 9.94. The van der Waals surface area contributed by atoms with E-state index in [0.717, 1.165) is 42.0 Å². The van der Waals surface area contributed by atoms with Gasteiger partial charge in [0.2, 0.25) is 5.91 Å². The van der Waals surface area contributed by atoms with Crippen LogP contribution in [0.4, 0.5) is 15.9 Å². The van der Waals surface area contributed by atoms with Crippen LogP contribution in [0.25, 0.3) is 5.65 Å². The minimum absolute atomic E-state index is 0.0275. The Morgan fingerprint density at radius 1 is 1.31 bits per heavy atom. The number of nitrogens with one attached hydrogen (secondary N) is 1. The maximum absolute atomic E-state index is 14.7. The molecule has 29 heavy (non-hydrogen) atoms. The number of fused-ring (bicyclic) bond motifs is 2. The fourth-order valence-corrected chi connectivity index (χ4v) is 3.72. The lowest BCUT2D eigenvalue weighted by Crippen LogP contribution is -2.30. The van der Waals surface area contributed by atoms with Crippen molar-refractivity contribution in [3.05, 3.63) is 53.9 Å². The van der Waals surface area contributed by atoms with Gasteiger partial charge < -0.3 is 14.6 Å². The molecule has 0 aromatic carbocycles. The largest absolute Gasteiger partial charge is 0.366 e. The number of hydrogen-bond acceptors (Lipinski definition) is 4. The van der Waals surface area contributed by atoms with E-state index in [9.17, 15) is 9.18 Å². The van der Waals surface area contributed by atoms with Crippen molar-refractivity contribution in [2.75, 3.05) is 16.8 Å². The molecule has 0 fully saturated rings. The molecule has 152 valence electrons. The molecule has 1 aliphatic heterocycles. The van der Waals surface area contributed by atoms with Gasteiger partial charge in [-0.05, 0) is 29.9 Å². The number of carbonyl (C=O) groups is 1. The number of halogens is 1. The number of imidazole rings is 1. The molecule has 1 N–H and O–H groups in total. The monoisotopic (exact) mass is 395 g/mol. The van der Waals surface area contributed by atoms with Crippen molar-refractivity contribution in [2.45, 2.75) is 46.6 Å². The minimum Gasteiger partial charge on any atom is -0.366 e. The Balaban J connectivity index is 1.55. The molecule has 0 aliphatic carbocycles. The summed E-state index contributed by atoms with van der Waals surface area (Å²) in [6.45, 7) is 7.43. The third-order valence-electron chi connectivity index (χ3n) is 4.99. The highest BCUT2D eigenvalue weighted by Crippen LogP contribution is 2.31. The summed E-state index contributed by atoms with van der Waals surface area (Å²) in [6.07, 6.45) is 7.75. The predicted molar refractivity (Wildman–Crippen MR) is 111 cm³/mol. The van der Waals surface area contributed by atoms with Gasteiger partial charge in [-0.1, -0.05) is 26.8 Å². The summed E-state index contributed by atoms with van der Waals surface area (Å²) >= 11 is 0. The van der Waals surface area contributed by atoms with Crippen LogP contribution in [-0.4, -0.2) is 26.8 Å². The van der Waals surface area contributed by atoms with Crippen LogP contribution in [0.3, 0.4) is 0 Å². The van der Waals surface area contributed by atoms with E-state index in [1.165, 1.54) is 6.07 Å². The molecule has 4 rings (SSSR count). The Kier molecular flexibility index (Phi) is 4.98. The van der Waals surface area contributed by atoms with Gasteiger partial charge in [0.05, 0.1) is 11.4 Å². The van der Waals surface area contributed by atoms with Crippen molar-refractivity contribution >= 4 is 23.1 Å². The molecule has 0 saturated carbocycles. The zero-order valence-electron chi connectivity index (χ0n) is 17.1. The first-order chi connectivity index (χ1) is 13.8. The molecule has 0 atom stereocenters. The van der Waals surface area contributed by atoms with E-state index in [0.29, 0.717) is 13.0 Å². The summed E-state index contributed by atoms with van der Waals surface area (Å²) in [5, 5.41) is 2.64. The minimum atomic E-state index is -0.497. The SMILES string of the molecule is CC(C)(C)CC(=O)Nc1nc2c(cc1F)N(Cc1ccc3nccn3c1)CCC2. The Morgan fingerprint density at radius 3 is 2.93 bits per heavy atom. The van der Waals surface area contributed by atoms with Gasteiger partial charge in [0, 0.05) is 44.2 Å². The molecule has 3 aromatic heterocycles. The van der Waals surface area contributed by atoms with Crippen LogP contribution in [0.2, 0.25) is 0 Å². The number of carbonyl (C=O) groups excluding carboxylic acids is 1. The van der Waals surface area contributed by atoms with Crippen molar-refractivity contribution in [1.29, 1.82) is 0 Å². The van der Waals surface area contributed by atoms with Gasteiger partial charge >= 0.3 is 0 Å². The highest BCUT2D eigenvalue weighted by Gasteiger charge is 2.23. The van der Waals surface area contributed by atoms with Gasteiger partial charge in [0.15, 0.2) is 11.6 Å². The summed E-state index contributed by atoms with van der Waals surface area (Å²) in [6, 6.07) is 5.53. The van der Waals surface area contributed by atoms with Crippen molar-refractivity contribution in [3.63, 3.8) is 0 Å². The highest BCUT2D eigenvalue weighted by atomic mass is 19.1. The first-order valence-corrected chi connectivity index (χ1v) is 9.94. The lowest BCUT2D eigenvalue weighted by molar-refractivity contribution is -0.117. The van der Waals surface area contributed by atoms with Gasteiger partial charge in [0.25, 0.3) is 0 Å². The number of hydrogen-bond donors (Lipinski definition) is 1. The van der Waals surface area contributed by atoms with Crippen LogP contribution in [0, 0.1) is 11.2 Å². The maximum atomic E-state index is 14.7. The van der Waals surface area contributed by atoms with Gasteiger partial charge in [-0.3, -0.25) is 4.79 Å². The zero-order chi connectivity index (χ0) is 20.6. The van der Waals surface area contributed by atoms with E-state index in [1.807, 2.05) is 49.7 Å². The number of amides is 1. The van der Waals surface area contributed by atoms with E-state index >= 15 is 0 Å². The molecule has 0 spiro atoms. The highest BCUT2D eigenvalue weighted by molar-refractivity contribution is 5.90. The molecule has 0 radical (unpaired) electrons. The smallest absolute Gasteiger partial charge is 0.226 e. The summed E-state index contributed by atoms with van der Waals surface area (Å²) in [5.74, 6) is -0.687. The Labute approximate surface area is 169 Å². The molecule has 7 heteroatoms. The molecule has 4 heterocycles. The number of nitrogens with zero attached hydrogens (tertiary/aromatic N) is 4. The van der Waals surface area contributed by atoms with Crippen LogP contribution in [-0.2, 0) is 17.8 Å². The van der Waals surface area contributed by atoms with Crippen molar-refractivity contribution in [1.82, 2.24) is 14.4 Å². The van der Waals surface area contributed by atoms with Gasteiger partial charge in [0.1, 0.15) is 5.65 Å². The normalized spacial score (nSPS) is 14.1. The molecule has 1 amide bonds. The van der Waals surface area contributed by atoms with Crippen molar-refractivity contribution in [3.8, 4) is 0 Å². The number of aromatic nitrogens is 3. The Hall–Kier alpha value is -2.96. The second-order valence-electron chi connectivity index (χ2n) is 8.83. The van der Waals surface area contributed by atoms with Crippen molar-refractivity contribution in [2.24, 2.45) is 5.41 Å². The quantitative estimate of drug-likeness (QED) is 0.719. The van der Waals surface area contributed by atoms with Crippen LogP contribution < -0.4 is 10.2 Å². The second-order valence-corrected chi connectivity index (χ2v) is 8.83. The van der Waals surface area contributed by atoms with Gasteiger partial charge in [-0.25, -0.2) is 14.4 Å². The third-order valence-corrected chi connectivity index (χ3v) is 4.99. The first kappa shape index (κ1) is 19.4. The number of anilines is 2. The molecular weight excluding hydrogens is 369 g/mol. The average molecular weight is 395 g/mol. The number of pyridine rings is 2. The fraction of sp³-hybridized carbons (Fsp3) is 0.409. The summed E-state index contributed by atoms with van der Waals surface area (Å²) < 4.78 is 16.7. The maximum Gasteiger partial charge on any atom is 0.226 e. The van der Waals surface area contributed by atoms with E-state index < -0.39 is 5.82 Å². The molecular formula is C22H26FN5O. The number of aryl methyl sites for hydroxylation is 1. The predicted octanol–water partition coefficient (Wildman–Crippen LogP) is 4.20. The van der Waals surface area contributed by atoms with E-state index in [-0.39, 0.29) is 17.1 Å². The molecule has 0 bridgehead atoms. The fourth-order valence-electron chi connectivity index (χ4n) is 3.72. The third kappa shape index (κ3) is 4.39. The number of rotatable bonds is 4. The van der Waals surface area contributed by atoms with Crippen LogP contribution in [0.1, 0.15) is 44.9 Å².